The van der Waals surface area contributed by atoms with E-state index in [1.807, 2.05) is 32.0 Å². The van der Waals surface area contributed by atoms with Crippen LogP contribution in [0.25, 0.3) is 0 Å². The molecule has 2 rings (SSSR count). The molecule has 31 heavy (non-hydrogen) atoms. The van der Waals surface area contributed by atoms with Crippen LogP contribution in [0.5, 0.6) is 5.75 Å². The quantitative estimate of drug-likeness (QED) is 0.395. The van der Waals surface area contributed by atoms with Gasteiger partial charge in [0.25, 0.3) is 5.91 Å². The molecule has 0 unspecified atom stereocenters. The van der Waals surface area contributed by atoms with Crippen LogP contribution in [-0.2, 0) is 9.59 Å². The zero-order valence-electron chi connectivity index (χ0n) is 18.4. The Morgan fingerprint density at radius 2 is 1.58 bits per heavy atom. The van der Waals surface area contributed by atoms with E-state index in [0.717, 1.165) is 36.1 Å². The van der Waals surface area contributed by atoms with Crippen LogP contribution in [0, 0.1) is 13.8 Å². The van der Waals surface area contributed by atoms with E-state index in [-0.39, 0.29) is 18.7 Å². The van der Waals surface area contributed by atoms with Gasteiger partial charge in [0.2, 0.25) is 11.8 Å². The lowest BCUT2D eigenvalue weighted by Gasteiger charge is -2.10. The Bertz CT molecular complexity index is 894. The van der Waals surface area contributed by atoms with E-state index in [9.17, 15) is 14.4 Å². The lowest BCUT2D eigenvalue weighted by atomic mass is 10.1. The zero-order chi connectivity index (χ0) is 22.6. The third-order valence-electron chi connectivity index (χ3n) is 4.68. The SMILES string of the molecule is CCCCCOc1ccc(C(=O)NNC(=O)CCC(=O)Nc2ccc(C)cc2C)cc1. The lowest BCUT2D eigenvalue weighted by Crippen LogP contribution is -2.41. The van der Waals surface area contributed by atoms with Crippen LogP contribution < -0.4 is 20.9 Å². The van der Waals surface area contributed by atoms with Gasteiger partial charge in [-0.15, -0.1) is 0 Å². The molecule has 2 aromatic rings. The van der Waals surface area contributed by atoms with Gasteiger partial charge in [-0.25, -0.2) is 0 Å². The summed E-state index contributed by atoms with van der Waals surface area (Å²) in [6, 6.07) is 12.4. The van der Waals surface area contributed by atoms with Crippen molar-refractivity contribution in [3.05, 3.63) is 59.2 Å². The summed E-state index contributed by atoms with van der Waals surface area (Å²) in [7, 11) is 0. The van der Waals surface area contributed by atoms with E-state index in [4.69, 9.17) is 4.74 Å². The predicted octanol–water partition coefficient (Wildman–Crippen LogP) is 4.05. The van der Waals surface area contributed by atoms with Crippen LogP contribution in [0.1, 0.15) is 60.5 Å². The second-order valence-electron chi connectivity index (χ2n) is 7.45. The minimum absolute atomic E-state index is 0.0130. The van der Waals surface area contributed by atoms with Gasteiger partial charge in [-0.3, -0.25) is 25.2 Å². The Morgan fingerprint density at radius 3 is 2.26 bits per heavy atom. The molecule has 3 N–H and O–H groups in total. The van der Waals surface area contributed by atoms with Gasteiger partial charge in [-0.1, -0.05) is 37.5 Å². The fraction of sp³-hybridized carbons (Fsp3) is 0.375. The smallest absolute Gasteiger partial charge is 0.269 e. The summed E-state index contributed by atoms with van der Waals surface area (Å²) in [4.78, 5) is 36.2. The van der Waals surface area contributed by atoms with Crippen LogP contribution >= 0.6 is 0 Å². The molecular formula is C24H31N3O4. The average molecular weight is 426 g/mol. The number of amides is 3. The minimum atomic E-state index is -0.444. The molecule has 0 saturated heterocycles. The van der Waals surface area contributed by atoms with Crippen LogP contribution in [0.4, 0.5) is 5.69 Å². The molecule has 0 radical (unpaired) electrons. The Labute approximate surface area is 183 Å². The van der Waals surface area contributed by atoms with E-state index in [2.05, 4.69) is 23.1 Å². The molecule has 0 aliphatic carbocycles. The molecule has 0 bridgehead atoms. The largest absolute Gasteiger partial charge is 0.494 e. The Hall–Kier alpha value is -3.35. The molecule has 0 heterocycles. The van der Waals surface area contributed by atoms with E-state index in [1.54, 1.807) is 24.3 Å². The molecule has 0 saturated carbocycles. The fourth-order valence-corrected chi connectivity index (χ4v) is 2.90. The summed E-state index contributed by atoms with van der Waals surface area (Å²) in [5.41, 5.74) is 7.88. The van der Waals surface area contributed by atoms with Gasteiger partial charge < -0.3 is 10.1 Å². The summed E-state index contributed by atoms with van der Waals surface area (Å²) < 4.78 is 5.61. The third-order valence-corrected chi connectivity index (χ3v) is 4.68. The topological polar surface area (TPSA) is 96.5 Å². The zero-order valence-corrected chi connectivity index (χ0v) is 18.4. The number of hydrazine groups is 1. The molecule has 0 aliphatic heterocycles. The van der Waals surface area contributed by atoms with E-state index in [1.165, 1.54) is 0 Å². The molecule has 0 fully saturated rings. The van der Waals surface area contributed by atoms with Crippen molar-refractivity contribution in [2.45, 2.75) is 52.9 Å². The number of carbonyl (C=O) groups excluding carboxylic acids is 3. The number of ether oxygens (including phenoxy) is 1. The Morgan fingerprint density at radius 1 is 0.871 bits per heavy atom. The van der Waals surface area contributed by atoms with Gasteiger partial charge in [0.05, 0.1) is 6.61 Å². The third kappa shape index (κ3) is 8.50. The highest BCUT2D eigenvalue weighted by Gasteiger charge is 2.11. The minimum Gasteiger partial charge on any atom is -0.494 e. The molecule has 3 amide bonds. The number of carbonyl (C=O) groups is 3. The van der Waals surface area contributed by atoms with E-state index in [0.29, 0.717) is 17.9 Å². The van der Waals surface area contributed by atoms with Crippen molar-refractivity contribution >= 4 is 23.4 Å². The first kappa shape index (κ1) is 23.9. The molecule has 166 valence electrons. The average Bonchev–Trinajstić information content (AvgIpc) is 2.76. The van der Waals surface area contributed by atoms with Crippen LogP contribution in [-0.4, -0.2) is 24.3 Å². The van der Waals surface area contributed by atoms with Crippen molar-refractivity contribution in [1.29, 1.82) is 0 Å². The first-order chi connectivity index (χ1) is 14.9. The second kappa shape index (κ2) is 12.4. The Kier molecular flexibility index (Phi) is 9.55. The highest BCUT2D eigenvalue weighted by molar-refractivity contribution is 5.96. The molecule has 7 heteroatoms. The van der Waals surface area contributed by atoms with Gasteiger partial charge in [0.1, 0.15) is 5.75 Å². The summed E-state index contributed by atoms with van der Waals surface area (Å²) >= 11 is 0. The maximum Gasteiger partial charge on any atom is 0.269 e. The van der Waals surface area contributed by atoms with Gasteiger partial charge in [-0.2, -0.15) is 0 Å². The fourth-order valence-electron chi connectivity index (χ4n) is 2.90. The predicted molar refractivity (Wildman–Crippen MR) is 121 cm³/mol. The first-order valence-electron chi connectivity index (χ1n) is 10.6. The van der Waals surface area contributed by atoms with Crippen molar-refractivity contribution in [2.24, 2.45) is 0 Å². The maximum absolute atomic E-state index is 12.2. The summed E-state index contributed by atoms with van der Waals surface area (Å²) in [5, 5.41) is 2.79. The van der Waals surface area contributed by atoms with Gasteiger partial charge in [0, 0.05) is 24.1 Å². The summed E-state index contributed by atoms with van der Waals surface area (Å²) in [5.74, 6) is -0.444. The highest BCUT2D eigenvalue weighted by atomic mass is 16.5. The van der Waals surface area contributed by atoms with Crippen molar-refractivity contribution < 1.29 is 19.1 Å². The summed E-state index contributed by atoms with van der Waals surface area (Å²) in [6.45, 7) is 6.67. The molecule has 0 aromatic heterocycles. The standard InChI is InChI=1S/C24H31N3O4/c1-4-5-6-15-31-20-10-8-19(9-11-20)24(30)27-26-23(29)14-13-22(28)25-21-12-7-17(2)16-18(21)3/h7-12,16H,4-6,13-15H2,1-3H3,(H,25,28)(H,26,29)(H,27,30). The highest BCUT2D eigenvalue weighted by Crippen LogP contribution is 2.16. The molecular weight excluding hydrogens is 394 g/mol. The normalized spacial score (nSPS) is 10.3. The van der Waals surface area contributed by atoms with Crippen LogP contribution in [0.15, 0.2) is 42.5 Å². The van der Waals surface area contributed by atoms with Crippen molar-refractivity contribution in [2.75, 3.05) is 11.9 Å². The van der Waals surface area contributed by atoms with Crippen molar-refractivity contribution in [3.8, 4) is 5.75 Å². The van der Waals surface area contributed by atoms with E-state index >= 15 is 0 Å². The number of benzene rings is 2. The van der Waals surface area contributed by atoms with Gasteiger partial charge >= 0.3 is 0 Å². The molecule has 7 nitrogen and oxygen atoms in total. The van der Waals surface area contributed by atoms with Crippen LogP contribution in [0.3, 0.4) is 0 Å². The van der Waals surface area contributed by atoms with E-state index < -0.39 is 11.8 Å². The monoisotopic (exact) mass is 425 g/mol. The first-order valence-corrected chi connectivity index (χ1v) is 10.6. The number of hydrogen-bond acceptors (Lipinski definition) is 4. The molecule has 2 aromatic carbocycles. The lowest BCUT2D eigenvalue weighted by molar-refractivity contribution is -0.124. The number of aryl methyl sites for hydroxylation is 2. The van der Waals surface area contributed by atoms with Crippen LogP contribution in [0.2, 0.25) is 0 Å². The number of rotatable bonds is 10. The number of unbranched alkanes of at least 4 members (excludes halogenated alkanes) is 2. The van der Waals surface area contributed by atoms with Crippen molar-refractivity contribution in [1.82, 2.24) is 10.9 Å². The molecule has 0 spiro atoms. The van der Waals surface area contributed by atoms with Crippen molar-refractivity contribution in [3.63, 3.8) is 0 Å². The maximum atomic E-state index is 12.2. The summed E-state index contributed by atoms with van der Waals surface area (Å²) in [6.07, 6.45) is 3.22. The van der Waals surface area contributed by atoms with Gasteiger partial charge in [-0.05, 0) is 56.2 Å². The molecule has 0 aliphatic rings. The Balaban J connectivity index is 1.70. The molecule has 0 atom stereocenters. The van der Waals surface area contributed by atoms with Gasteiger partial charge in [0.15, 0.2) is 0 Å². The number of anilines is 1. The second-order valence-corrected chi connectivity index (χ2v) is 7.45. The number of hydrogen-bond donors (Lipinski definition) is 3. The number of nitrogens with one attached hydrogen (secondary N) is 3.